The molecule has 4 aromatic rings. The van der Waals surface area contributed by atoms with Gasteiger partial charge in [0.05, 0.1) is 40.8 Å². The van der Waals surface area contributed by atoms with Gasteiger partial charge in [0.1, 0.15) is 17.3 Å². The maximum Gasteiger partial charge on any atom is 0.260 e. The first-order chi connectivity index (χ1) is 26.0. The van der Waals surface area contributed by atoms with Crippen LogP contribution in [-0.4, -0.2) is 33.7 Å². The first kappa shape index (κ1) is 34.3. The highest BCUT2D eigenvalue weighted by atomic mass is 35.5. The fourth-order valence-electron chi connectivity index (χ4n) is 9.45. The lowest BCUT2D eigenvalue weighted by molar-refractivity contribution is -0.139. The van der Waals surface area contributed by atoms with Crippen molar-refractivity contribution in [3.63, 3.8) is 0 Å². The summed E-state index contributed by atoms with van der Waals surface area (Å²) in [5.41, 5.74) is 5.54. The van der Waals surface area contributed by atoms with Gasteiger partial charge >= 0.3 is 0 Å². The number of carbonyl (C=O) groups excluding carboxylic acids is 4. The van der Waals surface area contributed by atoms with Gasteiger partial charge in [-0.2, -0.15) is 5.01 Å². The molecule has 2 N–H and O–H groups in total. The Balaban J connectivity index is 1.22. The molecular formula is C42H32Cl2FN3O6. The van der Waals surface area contributed by atoms with Crippen molar-refractivity contribution in [3.05, 3.63) is 141 Å². The number of aromatic hydroxyl groups is 1. The molecule has 9 rings (SSSR count). The highest BCUT2D eigenvalue weighted by molar-refractivity contribution is 6.32. The van der Waals surface area contributed by atoms with Gasteiger partial charge in [0.2, 0.25) is 11.8 Å². The van der Waals surface area contributed by atoms with Crippen LogP contribution in [0.1, 0.15) is 29.5 Å². The van der Waals surface area contributed by atoms with E-state index in [-0.39, 0.29) is 36.8 Å². The average molecular weight is 765 g/mol. The molecule has 272 valence electrons. The van der Waals surface area contributed by atoms with E-state index < -0.39 is 52.6 Å². The number of benzene rings is 4. The fraction of sp³-hybridized carbons (Fsp3) is 0.238. The van der Waals surface area contributed by atoms with Gasteiger partial charge in [0, 0.05) is 27.9 Å². The summed E-state index contributed by atoms with van der Waals surface area (Å²) in [6.07, 6.45) is 4.16. The van der Waals surface area contributed by atoms with E-state index in [0.29, 0.717) is 43.9 Å². The number of phenols is 1. The number of anilines is 2. The van der Waals surface area contributed by atoms with Gasteiger partial charge in [-0.1, -0.05) is 53.1 Å². The summed E-state index contributed by atoms with van der Waals surface area (Å²) >= 11 is 12.8. The molecule has 2 aliphatic carbocycles. The van der Waals surface area contributed by atoms with E-state index in [1.54, 1.807) is 60.9 Å². The summed E-state index contributed by atoms with van der Waals surface area (Å²) < 4.78 is 20.1. The number of nitrogens with one attached hydrogen (secondary N) is 1. The molecule has 54 heavy (non-hydrogen) atoms. The number of hydrazine groups is 1. The normalized spacial score (nSPS) is 27.1. The SMILES string of the molecule is Cc1ccc(N2C(=O)C3CC=C4C(CC5C(=O)N(Nc6ccc(F)cc6)C(=O)C5(c5ccc(Cl)cc5)C4C4=COc5ccc(O)cc5C4)C3C2=O)cc1Cl. The summed E-state index contributed by atoms with van der Waals surface area (Å²) in [5, 5.41) is 12.3. The molecule has 1 saturated carbocycles. The van der Waals surface area contributed by atoms with Crippen LogP contribution in [0.4, 0.5) is 15.8 Å². The number of allylic oxidation sites excluding steroid dienone is 3. The number of hydrogen-bond acceptors (Lipinski definition) is 7. The van der Waals surface area contributed by atoms with Gasteiger partial charge in [-0.3, -0.25) is 24.6 Å². The van der Waals surface area contributed by atoms with E-state index in [1.165, 1.54) is 35.2 Å². The summed E-state index contributed by atoms with van der Waals surface area (Å²) in [4.78, 5) is 60.1. The van der Waals surface area contributed by atoms with Crippen LogP contribution in [0.2, 0.25) is 10.0 Å². The minimum atomic E-state index is -1.55. The van der Waals surface area contributed by atoms with Gasteiger partial charge in [-0.25, -0.2) is 9.29 Å². The zero-order valence-corrected chi connectivity index (χ0v) is 30.3. The van der Waals surface area contributed by atoms with Crippen LogP contribution in [0.5, 0.6) is 11.5 Å². The molecule has 3 aliphatic heterocycles. The molecule has 5 aliphatic rings. The molecule has 9 nitrogen and oxygen atoms in total. The first-order valence-corrected chi connectivity index (χ1v) is 18.4. The molecule has 4 aromatic carbocycles. The Morgan fingerprint density at radius 3 is 2.39 bits per heavy atom. The molecule has 0 bridgehead atoms. The Morgan fingerprint density at radius 1 is 0.889 bits per heavy atom. The third-order valence-corrected chi connectivity index (χ3v) is 12.5. The van der Waals surface area contributed by atoms with E-state index in [1.807, 2.05) is 13.0 Å². The zero-order chi connectivity index (χ0) is 37.6. The van der Waals surface area contributed by atoms with Crippen molar-refractivity contribution in [2.45, 2.75) is 31.6 Å². The number of carbonyl (C=O) groups is 4. The Kier molecular flexibility index (Phi) is 7.99. The number of amides is 4. The quantitative estimate of drug-likeness (QED) is 0.158. The Bertz CT molecular complexity index is 2360. The van der Waals surface area contributed by atoms with E-state index in [0.717, 1.165) is 16.1 Å². The second-order valence-corrected chi connectivity index (χ2v) is 15.4. The predicted octanol–water partition coefficient (Wildman–Crippen LogP) is 7.69. The lowest BCUT2D eigenvalue weighted by Crippen LogP contribution is -2.55. The van der Waals surface area contributed by atoms with Gasteiger partial charge in [-0.05, 0) is 109 Å². The van der Waals surface area contributed by atoms with Crippen LogP contribution in [0.3, 0.4) is 0 Å². The van der Waals surface area contributed by atoms with Gasteiger partial charge < -0.3 is 9.84 Å². The minimum absolute atomic E-state index is 0.0401. The van der Waals surface area contributed by atoms with Crippen LogP contribution in [-0.2, 0) is 31.0 Å². The maximum atomic E-state index is 15.4. The molecule has 2 saturated heterocycles. The number of phenolic OH excluding ortho intramolecular Hbond substituents is 1. The van der Waals surface area contributed by atoms with E-state index in [4.69, 9.17) is 27.9 Å². The largest absolute Gasteiger partial charge is 0.508 e. The van der Waals surface area contributed by atoms with Crippen molar-refractivity contribution in [3.8, 4) is 11.5 Å². The number of aryl methyl sites for hydroxylation is 1. The van der Waals surface area contributed by atoms with Crippen LogP contribution < -0.4 is 15.1 Å². The molecule has 3 fully saturated rings. The Labute approximate surface area is 319 Å². The summed E-state index contributed by atoms with van der Waals surface area (Å²) in [7, 11) is 0. The van der Waals surface area contributed by atoms with E-state index in [2.05, 4.69) is 5.43 Å². The molecule has 12 heteroatoms. The highest BCUT2D eigenvalue weighted by Crippen LogP contribution is 2.63. The lowest BCUT2D eigenvalue weighted by atomic mass is 9.48. The number of nitrogens with zero attached hydrogens (tertiary/aromatic N) is 2. The third-order valence-electron chi connectivity index (χ3n) is 11.8. The van der Waals surface area contributed by atoms with E-state index >= 15 is 4.79 Å². The number of rotatable bonds is 5. The van der Waals surface area contributed by atoms with E-state index in [9.17, 15) is 23.9 Å². The van der Waals surface area contributed by atoms with Gasteiger partial charge in [0.15, 0.2) is 0 Å². The monoisotopic (exact) mass is 763 g/mol. The summed E-state index contributed by atoms with van der Waals surface area (Å²) in [6.45, 7) is 1.84. The number of imide groups is 2. The number of halogens is 3. The molecule has 3 heterocycles. The van der Waals surface area contributed by atoms with Crippen LogP contribution in [0, 0.1) is 42.3 Å². The van der Waals surface area contributed by atoms with Crippen LogP contribution >= 0.6 is 23.2 Å². The Hall–Kier alpha value is -5.45. The van der Waals surface area contributed by atoms with Crippen LogP contribution in [0.15, 0.2) is 108 Å². The van der Waals surface area contributed by atoms with Crippen molar-refractivity contribution < 1.29 is 33.4 Å². The maximum absolute atomic E-state index is 15.4. The second-order valence-electron chi connectivity index (χ2n) is 14.6. The van der Waals surface area contributed by atoms with Crippen molar-refractivity contribution >= 4 is 58.2 Å². The number of ether oxygens (including phenoxy) is 1. The highest BCUT2D eigenvalue weighted by Gasteiger charge is 2.70. The van der Waals surface area contributed by atoms with Crippen LogP contribution in [0.25, 0.3) is 0 Å². The van der Waals surface area contributed by atoms with Gasteiger partial charge in [0.25, 0.3) is 11.8 Å². The standard InChI is InChI=1S/C42H32Cl2FN3O6/c1-21-2-11-28(18-34(21)44)47-38(50)31-14-13-30-32(36(31)40(47)52)19-33-39(51)48(46-27-9-7-26(45)8-10-27)41(53)42(33,24-3-5-25(43)6-4-24)37(30)23-16-22-17-29(49)12-15-35(22)54-20-23/h2-13,15,17-18,20,31-33,36-37,46,49H,14,16,19H2,1H3. The second kappa shape index (κ2) is 12.6. The molecule has 6 atom stereocenters. The lowest BCUT2D eigenvalue weighted by Gasteiger charge is -2.51. The molecule has 4 amide bonds. The third kappa shape index (κ3) is 5.03. The molecule has 0 aromatic heterocycles. The number of fused-ring (bicyclic) bond motifs is 5. The van der Waals surface area contributed by atoms with Crippen molar-refractivity contribution in [1.82, 2.24) is 5.01 Å². The number of hydrogen-bond donors (Lipinski definition) is 2. The fourth-order valence-corrected chi connectivity index (χ4v) is 9.75. The summed E-state index contributed by atoms with van der Waals surface area (Å²) in [5.74, 6) is -5.64. The van der Waals surface area contributed by atoms with Crippen molar-refractivity contribution in [2.24, 2.45) is 29.6 Å². The zero-order valence-electron chi connectivity index (χ0n) is 28.8. The predicted molar refractivity (Wildman–Crippen MR) is 199 cm³/mol. The van der Waals surface area contributed by atoms with Crippen molar-refractivity contribution in [1.29, 1.82) is 0 Å². The average Bonchev–Trinajstić information content (AvgIpc) is 3.54. The van der Waals surface area contributed by atoms with Crippen molar-refractivity contribution in [2.75, 3.05) is 10.3 Å². The Morgan fingerprint density at radius 2 is 1.65 bits per heavy atom. The molecular weight excluding hydrogens is 732 g/mol. The molecule has 0 spiro atoms. The summed E-state index contributed by atoms with van der Waals surface area (Å²) in [6, 6.07) is 22.0. The molecule has 0 radical (unpaired) electrons. The topological polar surface area (TPSA) is 116 Å². The first-order valence-electron chi connectivity index (χ1n) is 17.7. The smallest absolute Gasteiger partial charge is 0.260 e. The molecule has 6 unspecified atom stereocenters. The van der Waals surface area contributed by atoms with Gasteiger partial charge in [-0.15, -0.1) is 0 Å². The minimum Gasteiger partial charge on any atom is -0.508 e.